The minimum Gasteiger partial charge on any atom is -0.495 e. The van der Waals surface area contributed by atoms with Gasteiger partial charge in [-0.2, -0.15) is 0 Å². The highest BCUT2D eigenvalue weighted by molar-refractivity contribution is 6.32. The molecule has 0 aliphatic rings. The summed E-state index contributed by atoms with van der Waals surface area (Å²) in [6, 6.07) is 4.85. The van der Waals surface area contributed by atoms with E-state index < -0.39 is 5.92 Å². The average Bonchev–Trinajstić information content (AvgIpc) is 2.41. The number of nitrogens with one attached hydrogen (secondary N) is 1. The van der Waals surface area contributed by atoms with Crippen molar-refractivity contribution in [3.8, 4) is 5.75 Å². The standard InChI is InChI=1S/C12H16ClN3O3/c1-3-8(11(14)16-18)12(17)15-7-4-5-9(13)10(6-7)19-2/h4-6,8,18H,3H2,1-2H3,(H2,14,16)(H,15,17). The van der Waals surface area contributed by atoms with Gasteiger partial charge in [-0.05, 0) is 18.6 Å². The number of hydrogen-bond acceptors (Lipinski definition) is 4. The molecule has 0 aliphatic heterocycles. The van der Waals surface area contributed by atoms with E-state index in [1.165, 1.54) is 7.11 Å². The Labute approximate surface area is 116 Å². The van der Waals surface area contributed by atoms with Crippen LogP contribution in [0.25, 0.3) is 0 Å². The predicted molar refractivity (Wildman–Crippen MR) is 73.8 cm³/mol. The summed E-state index contributed by atoms with van der Waals surface area (Å²) in [5, 5.41) is 14.6. The van der Waals surface area contributed by atoms with Crippen LogP contribution in [0.2, 0.25) is 5.02 Å². The summed E-state index contributed by atoms with van der Waals surface area (Å²) in [6.45, 7) is 1.77. The summed E-state index contributed by atoms with van der Waals surface area (Å²) in [6.07, 6.45) is 0.423. The van der Waals surface area contributed by atoms with Crippen LogP contribution in [0.5, 0.6) is 5.75 Å². The summed E-state index contributed by atoms with van der Waals surface area (Å²) in [5.74, 6) is -0.717. The number of anilines is 1. The molecule has 0 aliphatic carbocycles. The molecule has 0 spiro atoms. The van der Waals surface area contributed by atoms with Crippen LogP contribution in [0.3, 0.4) is 0 Å². The molecule has 0 fully saturated rings. The average molecular weight is 286 g/mol. The van der Waals surface area contributed by atoms with E-state index in [9.17, 15) is 4.79 Å². The molecule has 0 radical (unpaired) electrons. The molecule has 1 amide bonds. The van der Waals surface area contributed by atoms with E-state index in [0.29, 0.717) is 22.9 Å². The number of carbonyl (C=O) groups excluding carboxylic acids is 1. The summed E-state index contributed by atoms with van der Waals surface area (Å²) >= 11 is 5.89. The lowest BCUT2D eigenvalue weighted by Crippen LogP contribution is -2.34. The number of hydrogen-bond donors (Lipinski definition) is 3. The molecule has 1 rings (SSSR count). The Morgan fingerprint density at radius 1 is 1.63 bits per heavy atom. The van der Waals surface area contributed by atoms with Gasteiger partial charge in [-0.1, -0.05) is 23.7 Å². The zero-order valence-electron chi connectivity index (χ0n) is 10.7. The molecule has 1 aromatic rings. The zero-order chi connectivity index (χ0) is 14.4. The van der Waals surface area contributed by atoms with Gasteiger partial charge in [-0.15, -0.1) is 0 Å². The molecule has 1 unspecified atom stereocenters. The quantitative estimate of drug-likeness (QED) is 0.334. The first kappa shape index (κ1) is 15.1. The van der Waals surface area contributed by atoms with E-state index in [4.69, 9.17) is 27.3 Å². The van der Waals surface area contributed by atoms with Crippen molar-refractivity contribution in [2.45, 2.75) is 13.3 Å². The molecule has 0 saturated carbocycles. The van der Waals surface area contributed by atoms with Crippen LogP contribution in [-0.4, -0.2) is 24.1 Å². The Bertz CT molecular complexity index is 491. The first-order valence-electron chi connectivity index (χ1n) is 5.65. The van der Waals surface area contributed by atoms with Gasteiger partial charge in [-0.3, -0.25) is 4.79 Å². The second-order valence-corrected chi connectivity index (χ2v) is 4.23. The van der Waals surface area contributed by atoms with Crippen LogP contribution < -0.4 is 15.8 Å². The van der Waals surface area contributed by atoms with Crippen LogP contribution in [0.15, 0.2) is 23.4 Å². The topological polar surface area (TPSA) is 96.9 Å². The van der Waals surface area contributed by atoms with Crippen molar-refractivity contribution in [1.29, 1.82) is 0 Å². The molecule has 6 nitrogen and oxygen atoms in total. The molecule has 104 valence electrons. The number of nitrogens with zero attached hydrogens (tertiary/aromatic N) is 1. The number of rotatable bonds is 5. The van der Waals surface area contributed by atoms with Gasteiger partial charge in [0.25, 0.3) is 0 Å². The van der Waals surface area contributed by atoms with Gasteiger partial charge in [-0.25, -0.2) is 0 Å². The van der Waals surface area contributed by atoms with Gasteiger partial charge in [0.1, 0.15) is 5.75 Å². The molecule has 0 heterocycles. The van der Waals surface area contributed by atoms with Crippen molar-refractivity contribution in [3.63, 3.8) is 0 Å². The fourth-order valence-electron chi connectivity index (χ4n) is 1.57. The molecule has 0 bridgehead atoms. The minimum atomic E-state index is -0.688. The SMILES string of the molecule is CCC(C(=O)Nc1ccc(Cl)c(OC)c1)/C(N)=N/O. The van der Waals surface area contributed by atoms with Crippen molar-refractivity contribution in [1.82, 2.24) is 0 Å². The molecule has 7 heteroatoms. The second kappa shape index (κ2) is 6.84. The van der Waals surface area contributed by atoms with Gasteiger partial charge in [0.15, 0.2) is 5.84 Å². The molecular weight excluding hydrogens is 270 g/mol. The lowest BCUT2D eigenvalue weighted by Gasteiger charge is -2.14. The minimum absolute atomic E-state index is 0.124. The number of nitrogens with two attached hydrogens (primary N) is 1. The number of amidine groups is 1. The fraction of sp³-hybridized carbons (Fsp3) is 0.333. The van der Waals surface area contributed by atoms with Crippen molar-refractivity contribution in [2.24, 2.45) is 16.8 Å². The molecule has 19 heavy (non-hydrogen) atoms. The Morgan fingerprint density at radius 2 is 2.32 bits per heavy atom. The van der Waals surface area contributed by atoms with E-state index in [-0.39, 0.29) is 11.7 Å². The second-order valence-electron chi connectivity index (χ2n) is 3.82. The monoisotopic (exact) mass is 285 g/mol. The highest BCUT2D eigenvalue weighted by Crippen LogP contribution is 2.27. The fourth-order valence-corrected chi connectivity index (χ4v) is 1.76. The lowest BCUT2D eigenvalue weighted by molar-refractivity contribution is -0.118. The molecular formula is C12H16ClN3O3. The summed E-state index contributed by atoms with van der Waals surface area (Å²) in [7, 11) is 1.48. The lowest BCUT2D eigenvalue weighted by atomic mass is 10.0. The highest BCUT2D eigenvalue weighted by Gasteiger charge is 2.21. The van der Waals surface area contributed by atoms with Crippen molar-refractivity contribution in [3.05, 3.63) is 23.2 Å². The van der Waals surface area contributed by atoms with Crippen LogP contribution in [0.4, 0.5) is 5.69 Å². The first-order valence-corrected chi connectivity index (χ1v) is 6.03. The molecule has 4 N–H and O–H groups in total. The van der Waals surface area contributed by atoms with Crippen LogP contribution in [-0.2, 0) is 4.79 Å². The van der Waals surface area contributed by atoms with Crippen molar-refractivity contribution >= 4 is 29.0 Å². The maximum atomic E-state index is 12.0. The summed E-state index contributed by atoms with van der Waals surface area (Å²) < 4.78 is 5.05. The van der Waals surface area contributed by atoms with Crippen LogP contribution in [0, 0.1) is 5.92 Å². The van der Waals surface area contributed by atoms with Gasteiger partial charge in [0.2, 0.25) is 5.91 Å². The smallest absolute Gasteiger partial charge is 0.235 e. The first-order chi connectivity index (χ1) is 9.03. The number of carbonyl (C=O) groups is 1. The van der Waals surface area contributed by atoms with Crippen LogP contribution >= 0.6 is 11.6 Å². The largest absolute Gasteiger partial charge is 0.495 e. The molecule has 0 aromatic heterocycles. The number of methoxy groups -OCH3 is 1. The van der Waals surface area contributed by atoms with E-state index in [1.54, 1.807) is 25.1 Å². The van der Waals surface area contributed by atoms with Gasteiger partial charge < -0.3 is 21.0 Å². The summed E-state index contributed by atoms with van der Waals surface area (Å²) in [5.41, 5.74) is 5.98. The normalized spacial score (nSPS) is 12.9. The molecule has 0 saturated heterocycles. The number of amides is 1. The van der Waals surface area contributed by atoms with Crippen molar-refractivity contribution < 1.29 is 14.7 Å². The van der Waals surface area contributed by atoms with E-state index in [1.807, 2.05) is 0 Å². The van der Waals surface area contributed by atoms with E-state index in [0.717, 1.165) is 0 Å². The number of oxime groups is 1. The Kier molecular flexibility index (Phi) is 5.44. The predicted octanol–water partition coefficient (Wildman–Crippen LogP) is 2.06. The third-order valence-corrected chi connectivity index (χ3v) is 2.93. The van der Waals surface area contributed by atoms with Gasteiger partial charge in [0.05, 0.1) is 18.1 Å². The van der Waals surface area contributed by atoms with E-state index >= 15 is 0 Å². The van der Waals surface area contributed by atoms with Crippen LogP contribution in [0.1, 0.15) is 13.3 Å². The third-order valence-electron chi connectivity index (χ3n) is 2.62. The Morgan fingerprint density at radius 3 is 2.84 bits per heavy atom. The Balaban J connectivity index is 2.87. The third kappa shape index (κ3) is 3.75. The number of halogens is 1. The molecule has 1 aromatic carbocycles. The highest BCUT2D eigenvalue weighted by atomic mass is 35.5. The van der Waals surface area contributed by atoms with E-state index in [2.05, 4.69) is 10.5 Å². The maximum absolute atomic E-state index is 12.0. The molecule has 1 atom stereocenters. The van der Waals surface area contributed by atoms with Gasteiger partial charge in [0, 0.05) is 11.8 Å². The van der Waals surface area contributed by atoms with Crippen molar-refractivity contribution in [2.75, 3.05) is 12.4 Å². The summed E-state index contributed by atoms with van der Waals surface area (Å²) in [4.78, 5) is 12.0. The van der Waals surface area contributed by atoms with Gasteiger partial charge >= 0.3 is 0 Å². The zero-order valence-corrected chi connectivity index (χ0v) is 11.4. The Hall–Kier alpha value is -1.95. The maximum Gasteiger partial charge on any atom is 0.235 e. The number of ether oxygens (including phenoxy) is 1. The number of benzene rings is 1.